The largest absolute Gasteiger partial charge is 0.481 e. The van der Waals surface area contributed by atoms with Gasteiger partial charge in [-0.1, -0.05) is 58.2 Å². The van der Waals surface area contributed by atoms with Crippen LogP contribution < -0.4 is 5.38 Å². The smallest absolute Gasteiger partial charge is 0.303 e. The molecule has 154 valence electrons. The van der Waals surface area contributed by atoms with E-state index in [-0.39, 0.29) is 18.5 Å². The second-order valence-corrected chi connectivity index (χ2v) is 13.3. The lowest BCUT2D eigenvalue weighted by Gasteiger charge is -2.15. The summed E-state index contributed by atoms with van der Waals surface area (Å²) in [4.78, 5) is 21.9. The van der Waals surface area contributed by atoms with Crippen molar-refractivity contribution in [3.63, 3.8) is 0 Å². The maximum atomic E-state index is 11.5. The van der Waals surface area contributed by atoms with Gasteiger partial charge in [0.1, 0.15) is 14.2 Å². The van der Waals surface area contributed by atoms with Crippen LogP contribution in [0.15, 0.2) is 16.7 Å². The monoisotopic (exact) mass is 396 g/mol. The van der Waals surface area contributed by atoms with Crippen molar-refractivity contribution in [2.45, 2.75) is 96.9 Å². The van der Waals surface area contributed by atoms with Crippen LogP contribution in [0.5, 0.6) is 0 Å². The first kappa shape index (κ1) is 23.5. The summed E-state index contributed by atoms with van der Waals surface area (Å²) in [7, 11) is -1.51. The lowest BCUT2D eigenvalue weighted by Crippen LogP contribution is -2.36. The second kappa shape index (κ2) is 12.0. The molecule has 0 fully saturated rings. The standard InChI is InChI=1S/C21H36O5Si/c1-17(22)26-19(18-15-21(25-16-18)27(2,3)4)13-11-9-7-5-6-8-10-12-14-20(23)24/h15-16,19H,5-14H2,1-4H3,(H,23,24). The molecular weight excluding hydrogens is 360 g/mol. The minimum atomic E-state index is -1.51. The zero-order valence-corrected chi connectivity index (χ0v) is 18.4. The molecule has 0 saturated carbocycles. The predicted octanol–water partition coefficient (Wildman–Crippen LogP) is 5.41. The highest BCUT2D eigenvalue weighted by Gasteiger charge is 2.24. The summed E-state index contributed by atoms with van der Waals surface area (Å²) in [6, 6.07) is 2.07. The van der Waals surface area contributed by atoms with Crippen molar-refractivity contribution in [3.05, 3.63) is 17.9 Å². The number of unbranched alkanes of at least 4 members (excludes halogenated alkanes) is 7. The number of esters is 1. The van der Waals surface area contributed by atoms with Gasteiger partial charge < -0.3 is 14.3 Å². The summed E-state index contributed by atoms with van der Waals surface area (Å²) < 4.78 is 11.3. The number of carbonyl (C=O) groups is 2. The van der Waals surface area contributed by atoms with Gasteiger partial charge >= 0.3 is 11.9 Å². The van der Waals surface area contributed by atoms with Crippen LogP contribution in [0.3, 0.4) is 0 Å². The molecule has 1 heterocycles. The molecule has 0 spiro atoms. The van der Waals surface area contributed by atoms with E-state index in [1.165, 1.54) is 13.3 Å². The quantitative estimate of drug-likeness (QED) is 0.258. The summed E-state index contributed by atoms with van der Waals surface area (Å²) in [6.45, 7) is 8.16. The number of aliphatic carboxylic acids is 1. The minimum Gasteiger partial charge on any atom is -0.481 e. The van der Waals surface area contributed by atoms with Crippen molar-refractivity contribution in [2.24, 2.45) is 0 Å². The lowest BCUT2D eigenvalue weighted by molar-refractivity contribution is -0.147. The van der Waals surface area contributed by atoms with Gasteiger partial charge in [0.2, 0.25) is 0 Å². The molecule has 1 atom stereocenters. The average molecular weight is 397 g/mol. The third-order valence-electron chi connectivity index (χ3n) is 4.65. The Morgan fingerprint density at radius 3 is 2.07 bits per heavy atom. The average Bonchev–Trinajstić information content (AvgIpc) is 3.05. The Labute approximate surface area is 164 Å². The van der Waals surface area contributed by atoms with E-state index in [4.69, 9.17) is 14.3 Å². The molecule has 27 heavy (non-hydrogen) atoms. The topological polar surface area (TPSA) is 76.7 Å². The van der Waals surface area contributed by atoms with Gasteiger partial charge in [0.25, 0.3) is 0 Å². The molecule has 0 aliphatic rings. The molecular formula is C21H36O5Si. The Morgan fingerprint density at radius 2 is 1.59 bits per heavy atom. The molecule has 1 aromatic rings. The zero-order chi connectivity index (χ0) is 20.3. The fraction of sp³-hybridized carbons (Fsp3) is 0.714. The SMILES string of the molecule is CC(=O)OC(CCCCCCCCCCC(=O)O)c1coc([Si](C)(C)C)c1. The highest BCUT2D eigenvalue weighted by atomic mass is 28.3. The van der Waals surface area contributed by atoms with Crippen molar-refractivity contribution in [1.82, 2.24) is 0 Å². The van der Waals surface area contributed by atoms with Crippen LogP contribution in [0.1, 0.15) is 82.8 Å². The Morgan fingerprint density at radius 1 is 1.04 bits per heavy atom. The molecule has 1 N–H and O–H groups in total. The van der Waals surface area contributed by atoms with E-state index in [9.17, 15) is 9.59 Å². The fourth-order valence-electron chi connectivity index (χ4n) is 3.07. The summed E-state index contributed by atoms with van der Waals surface area (Å²) in [5.74, 6) is -0.955. The molecule has 1 rings (SSSR count). The van der Waals surface area contributed by atoms with Crippen molar-refractivity contribution in [2.75, 3.05) is 0 Å². The Bertz CT molecular complexity index is 573. The van der Waals surface area contributed by atoms with Gasteiger partial charge in [-0.3, -0.25) is 9.59 Å². The van der Waals surface area contributed by atoms with E-state index in [1.54, 1.807) is 6.26 Å². The maximum Gasteiger partial charge on any atom is 0.303 e. The van der Waals surface area contributed by atoms with Crippen molar-refractivity contribution >= 4 is 25.4 Å². The van der Waals surface area contributed by atoms with E-state index in [0.29, 0.717) is 0 Å². The van der Waals surface area contributed by atoms with Crippen LogP contribution >= 0.6 is 0 Å². The van der Waals surface area contributed by atoms with Gasteiger partial charge in [-0.05, 0) is 25.3 Å². The van der Waals surface area contributed by atoms with Crippen LogP contribution in [-0.4, -0.2) is 25.1 Å². The number of carboxylic acid groups (broad SMARTS) is 1. The molecule has 0 saturated heterocycles. The summed E-state index contributed by atoms with van der Waals surface area (Å²) in [5.41, 5.74) is 0.973. The Hall–Kier alpha value is -1.56. The van der Waals surface area contributed by atoms with Gasteiger partial charge in [0.05, 0.1) is 11.6 Å². The second-order valence-electron chi connectivity index (χ2n) is 8.35. The van der Waals surface area contributed by atoms with Gasteiger partial charge in [-0.25, -0.2) is 0 Å². The molecule has 0 aliphatic carbocycles. The van der Waals surface area contributed by atoms with E-state index < -0.39 is 14.0 Å². The molecule has 5 nitrogen and oxygen atoms in total. The Balaban J connectivity index is 2.28. The summed E-state index contributed by atoms with van der Waals surface area (Å²) in [6.07, 6.45) is 11.2. The van der Waals surface area contributed by atoms with E-state index in [0.717, 1.165) is 62.3 Å². The van der Waals surface area contributed by atoms with Crippen LogP contribution in [-0.2, 0) is 14.3 Å². The maximum absolute atomic E-state index is 11.5. The highest BCUT2D eigenvalue weighted by Crippen LogP contribution is 2.25. The fourth-order valence-corrected chi connectivity index (χ4v) is 4.09. The number of rotatable bonds is 14. The molecule has 0 radical (unpaired) electrons. The van der Waals surface area contributed by atoms with Crippen molar-refractivity contribution in [3.8, 4) is 0 Å². The molecule has 1 aromatic heterocycles. The number of ether oxygens (including phenoxy) is 1. The number of carbonyl (C=O) groups excluding carboxylic acids is 1. The van der Waals surface area contributed by atoms with Gasteiger partial charge in [0.15, 0.2) is 0 Å². The van der Waals surface area contributed by atoms with E-state index >= 15 is 0 Å². The van der Waals surface area contributed by atoms with E-state index in [1.807, 2.05) is 0 Å². The van der Waals surface area contributed by atoms with Gasteiger partial charge in [0, 0.05) is 18.9 Å². The summed E-state index contributed by atoms with van der Waals surface area (Å²) in [5, 5.41) is 9.64. The number of hydrogen-bond donors (Lipinski definition) is 1. The van der Waals surface area contributed by atoms with Crippen LogP contribution in [0, 0.1) is 0 Å². The third kappa shape index (κ3) is 10.4. The Kier molecular flexibility index (Phi) is 10.4. The normalized spacial score (nSPS) is 12.7. The lowest BCUT2D eigenvalue weighted by atomic mass is 10.0. The first-order valence-electron chi connectivity index (χ1n) is 10.2. The van der Waals surface area contributed by atoms with Crippen LogP contribution in [0.4, 0.5) is 0 Å². The van der Waals surface area contributed by atoms with Crippen LogP contribution in [0.25, 0.3) is 0 Å². The molecule has 0 bridgehead atoms. The van der Waals surface area contributed by atoms with Crippen molar-refractivity contribution in [1.29, 1.82) is 0 Å². The first-order chi connectivity index (χ1) is 12.7. The first-order valence-corrected chi connectivity index (χ1v) is 13.7. The van der Waals surface area contributed by atoms with Gasteiger partial charge in [-0.15, -0.1) is 0 Å². The van der Waals surface area contributed by atoms with E-state index in [2.05, 4.69) is 25.7 Å². The summed E-state index contributed by atoms with van der Waals surface area (Å²) >= 11 is 0. The highest BCUT2D eigenvalue weighted by molar-refractivity contribution is 6.87. The van der Waals surface area contributed by atoms with Crippen molar-refractivity contribution < 1.29 is 23.8 Å². The number of carboxylic acids is 1. The molecule has 0 amide bonds. The number of furan rings is 1. The van der Waals surface area contributed by atoms with Crippen LogP contribution in [0.2, 0.25) is 19.6 Å². The molecule has 0 aliphatic heterocycles. The molecule has 1 unspecified atom stereocenters. The molecule has 6 heteroatoms. The molecule has 0 aromatic carbocycles. The van der Waals surface area contributed by atoms with Gasteiger partial charge in [-0.2, -0.15) is 0 Å². The number of hydrogen-bond acceptors (Lipinski definition) is 4. The zero-order valence-electron chi connectivity index (χ0n) is 17.4. The predicted molar refractivity (Wildman–Crippen MR) is 110 cm³/mol. The minimum absolute atomic E-state index is 0.215. The third-order valence-corrected chi connectivity index (χ3v) is 6.39.